The number of hydrogen-bond donors (Lipinski definition) is 2. The smallest absolute Gasteiger partial charge is 0.345 e. The van der Waals surface area contributed by atoms with Gasteiger partial charge in [0.2, 0.25) is 0 Å². The lowest BCUT2D eigenvalue weighted by molar-refractivity contribution is -0.137. The van der Waals surface area contributed by atoms with E-state index in [2.05, 4.69) is 20.5 Å². The third kappa shape index (κ3) is 3.16. The average Bonchev–Trinajstić information content (AvgIpc) is 3.03. The minimum absolute atomic E-state index is 0.00101. The summed E-state index contributed by atoms with van der Waals surface area (Å²) in [6.07, 6.45) is -3.90. The summed E-state index contributed by atoms with van der Waals surface area (Å²) in [5.74, 6) is 0.202. The van der Waals surface area contributed by atoms with Gasteiger partial charge in [-0.15, -0.1) is 0 Å². The summed E-state index contributed by atoms with van der Waals surface area (Å²) >= 11 is 0.834. The summed E-state index contributed by atoms with van der Waals surface area (Å²) in [5.41, 5.74) is -1.30. The predicted molar refractivity (Wildman–Crippen MR) is 66.3 cm³/mol. The van der Waals surface area contributed by atoms with Crippen molar-refractivity contribution < 1.29 is 18.0 Å². The Balaban J connectivity index is 2.04. The van der Waals surface area contributed by atoms with Gasteiger partial charge in [-0.05, 0) is 0 Å². The maximum absolute atomic E-state index is 12.7. The summed E-state index contributed by atoms with van der Waals surface area (Å²) in [5, 5.41) is 11.0. The highest BCUT2D eigenvalue weighted by Crippen LogP contribution is 2.34. The number of nitrogens with one attached hydrogen (secondary N) is 2. The van der Waals surface area contributed by atoms with Crippen LogP contribution in [0.5, 0.6) is 0 Å². The average molecular weight is 304 g/mol. The van der Waals surface area contributed by atoms with Crippen LogP contribution in [0.15, 0.2) is 10.8 Å². The Labute approximate surface area is 116 Å². The molecular formula is C11H11F3N4OS. The van der Waals surface area contributed by atoms with Gasteiger partial charge in [-0.2, -0.15) is 29.6 Å². The Hall–Kier alpha value is -1.90. The van der Waals surface area contributed by atoms with Crippen LogP contribution in [0.4, 0.5) is 13.2 Å². The molecule has 2 aromatic rings. The number of carbonyl (C=O) groups is 1. The number of rotatable bonds is 4. The molecule has 0 saturated heterocycles. The van der Waals surface area contributed by atoms with Crippen molar-refractivity contribution in [1.29, 1.82) is 0 Å². The second kappa shape index (κ2) is 5.61. The Morgan fingerprint density at radius 3 is 2.80 bits per heavy atom. The Bertz CT molecular complexity index is 605. The van der Waals surface area contributed by atoms with Crippen molar-refractivity contribution in [3.63, 3.8) is 0 Å². The van der Waals surface area contributed by atoms with E-state index in [1.54, 1.807) is 0 Å². The number of aromatic amines is 1. The van der Waals surface area contributed by atoms with Gasteiger partial charge in [0.25, 0.3) is 5.91 Å². The molecule has 0 spiro atoms. The molecule has 5 nitrogen and oxygen atoms in total. The molecule has 9 heteroatoms. The number of carbonyl (C=O) groups excluding carboxylic acids is 1. The van der Waals surface area contributed by atoms with Gasteiger partial charge in [-0.1, -0.05) is 6.92 Å². The number of H-pyrrole nitrogens is 1. The highest BCUT2D eigenvalue weighted by Gasteiger charge is 2.35. The van der Waals surface area contributed by atoms with Crippen molar-refractivity contribution in [2.45, 2.75) is 26.1 Å². The van der Waals surface area contributed by atoms with Crippen molar-refractivity contribution in [3.05, 3.63) is 33.5 Å². The van der Waals surface area contributed by atoms with Crippen molar-refractivity contribution >= 4 is 17.2 Å². The van der Waals surface area contributed by atoms with Crippen LogP contribution in [0, 0.1) is 0 Å². The fourth-order valence-electron chi connectivity index (χ4n) is 1.52. The maximum Gasteiger partial charge on any atom is 0.417 e. The molecule has 0 aliphatic heterocycles. The highest BCUT2D eigenvalue weighted by atomic mass is 32.1. The zero-order valence-corrected chi connectivity index (χ0v) is 11.2. The second-order valence-electron chi connectivity index (χ2n) is 3.93. The third-order valence-electron chi connectivity index (χ3n) is 2.52. The number of aromatic nitrogens is 3. The summed E-state index contributed by atoms with van der Waals surface area (Å²) in [6, 6.07) is 0. The molecular weight excluding hydrogens is 293 g/mol. The lowest BCUT2D eigenvalue weighted by atomic mass is 10.2. The van der Waals surface area contributed by atoms with Gasteiger partial charge in [0.05, 0.1) is 17.7 Å². The zero-order chi connectivity index (χ0) is 14.8. The molecule has 0 aliphatic rings. The van der Waals surface area contributed by atoms with Crippen molar-refractivity contribution in [2.75, 3.05) is 0 Å². The van der Waals surface area contributed by atoms with Crippen LogP contribution in [0.1, 0.15) is 34.5 Å². The van der Waals surface area contributed by atoms with Crippen LogP contribution < -0.4 is 5.32 Å². The predicted octanol–water partition coefficient (Wildman–Crippen LogP) is 2.38. The summed E-state index contributed by atoms with van der Waals surface area (Å²) in [4.78, 5) is 15.8. The quantitative estimate of drug-likeness (QED) is 0.911. The number of hydrogen-bond acceptors (Lipinski definition) is 4. The van der Waals surface area contributed by atoms with Crippen LogP contribution in [0.3, 0.4) is 0 Å². The van der Waals surface area contributed by atoms with E-state index in [4.69, 9.17) is 0 Å². The van der Waals surface area contributed by atoms with E-state index in [0.29, 0.717) is 18.1 Å². The number of aryl methyl sites for hydroxylation is 1. The van der Waals surface area contributed by atoms with E-state index in [0.717, 1.165) is 16.7 Å². The molecule has 0 atom stereocenters. The van der Waals surface area contributed by atoms with Gasteiger partial charge in [0.1, 0.15) is 5.82 Å². The number of amides is 1. The van der Waals surface area contributed by atoms with Crippen LogP contribution in [-0.2, 0) is 19.1 Å². The second-order valence-corrected chi connectivity index (χ2v) is 4.68. The molecule has 2 aromatic heterocycles. The first-order chi connectivity index (χ1) is 9.41. The molecule has 0 aromatic carbocycles. The highest BCUT2D eigenvalue weighted by molar-refractivity contribution is 7.08. The van der Waals surface area contributed by atoms with E-state index in [1.165, 1.54) is 5.38 Å². The molecule has 0 unspecified atom stereocenters. The molecule has 20 heavy (non-hydrogen) atoms. The molecule has 2 rings (SSSR count). The fourth-order valence-corrected chi connectivity index (χ4v) is 2.36. The summed E-state index contributed by atoms with van der Waals surface area (Å²) < 4.78 is 38.0. The van der Waals surface area contributed by atoms with Gasteiger partial charge in [0, 0.05) is 17.2 Å². The van der Waals surface area contributed by atoms with E-state index in [9.17, 15) is 18.0 Å². The summed E-state index contributed by atoms with van der Waals surface area (Å²) in [7, 11) is 0. The van der Waals surface area contributed by atoms with E-state index in [-0.39, 0.29) is 12.1 Å². The SMILES string of the molecule is CCc1n[nH]c(CNC(=O)c2cscc2C(F)(F)F)n1. The molecule has 0 bridgehead atoms. The van der Waals surface area contributed by atoms with Gasteiger partial charge >= 0.3 is 6.18 Å². The number of nitrogens with zero attached hydrogens (tertiary/aromatic N) is 2. The molecule has 2 heterocycles. The van der Waals surface area contributed by atoms with E-state index in [1.807, 2.05) is 6.92 Å². The number of halogens is 3. The largest absolute Gasteiger partial charge is 0.417 e. The van der Waals surface area contributed by atoms with Crippen molar-refractivity contribution in [1.82, 2.24) is 20.5 Å². The topological polar surface area (TPSA) is 70.7 Å². The van der Waals surface area contributed by atoms with Crippen molar-refractivity contribution in [2.24, 2.45) is 0 Å². The Morgan fingerprint density at radius 2 is 2.20 bits per heavy atom. The number of thiophene rings is 1. The van der Waals surface area contributed by atoms with E-state index < -0.39 is 17.6 Å². The molecule has 0 radical (unpaired) electrons. The normalized spacial score (nSPS) is 11.6. The van der Waals surface area contributed by atoms with Crippen LogP contribution in [0.25, 0.3) is 0 Å². The lowest BCUT2D eigenvalue weighted by Gasteiger charge is -2.07. The van der Waals surface area contributed by atoms with Crippen LogP contribution in [0.2, 0.25) is 0 Å². The fraction of sp³-hybridized carbons (Fsp3) is 0.364. The zero-order valence-electron chi connectivity index (χ0n) is 10.4. The lowest BCUT2D eigenvalue weighted by Crippen LogP contribution is -2.25. The number of alkyl halides is 3. The molecule has 108 valence electrons. The molecule has 0 saturated carbocycles. The molecule has 0 aliphatic carbocycles. The minimum Gasteiger partial charge on any atom is -0.345 e. The minimum atomic E-state index is -4.53. The first kappa shape index (κ1) is 14.5. The molecule has 2 N–H and O–H groups in total. The van der Waals surface area contributed by atoms with Gasteiger partial charge < -0.3 is 5.32 Å². The van der Waals surface area contributed by atoms with Gasteiger partial charge in [-0.25, -0.2) is 4.98 Å². The molecule has 0 fully saturated rings. The van der Waals surface area contributed by atoms with Crippen LogP contribution >= 0.6 is 11.3 Å². The van der Waals surface area contributed by atoms with E-state index >= 15 is 0 Å². The first-order valence-corrected chi connectivity index (χ1v) is 6.67. The first-order valence-electron chi connectivity index (χ1n) is 5.73. The Morgan fingerprint density at radius 1 is 1.45 bits per heavy atom. The van der Waals surface area contributed by atoms with Gasteiger partial charge in [0.15, 0.2) is 5.82 Å². The monoisotopic (exact) mass is 304 g/mol. The summed E-state index contributed by atoms with van der Waals surface area (Å²) in [6.45, 7) is 1.87. The van der Waals surface area contributed by atoms with Crippen molar-refractivity contribution in [3.8, 4) is 0 Å². The van der Waals surface area contributed by atoms with Crippen LogP contribution in [-0.4, -0.2) is 21.1 Å². The molecule has 1 amide bonds. The Kier molecular flexibility index (Phi) is 4.07. The van der Waals surface area contributed by atoms with Gasteiger partial charge in [-0.3, -0.25) is 9.89 Å². The third-order valence-corrected chi connectivity index (χ3v) is 3.27. The maximum atomic E-state index is 12.7. The standard InChI is InChI=1S/C11H11F3N4OS/c1-2-8-16-9(18-17-8)3-15-10(19)6-4-20-5-7(6)11(12,13)14/h4-5H,2-3H2,1H3,(H,15,19)(H,16,17,18).